The molecule has 168 valence electrons. The van der Waals surface area contributed by atoms with E-state index in [0.717, 1.165) is 42.7 Å². The second-order valence-electron chi connectivity index (χ2n) is 8.01. The maximum atomic E-state index is 12.1. The van der Waals surface area contributed by atoms with E-state index in [1.807, 2.05) is 42.5 Å². The van der Waals surface area contributed by atoms with Gasteiger partial charge in [-0.05, 0) is 50.2 Å². The number of aliphatic hydroxyl groups is 1. The number of ether oxygens (including phenoxy) is 1. The van der Waals surface area contributed by atoms with Crippen molar-refractivity contribution in [2.45, 2.75) is 25.0 Å². The molecule has 4 rings (SSSR count). The van der Waals surface area contributed by atoms with Crippen molar-refractivity contribution >= 4 is 22.6 Å². The monoisotopic (exact) mass is 435 g/mol. The van der Waals surface area contributed by atoms with Gasteiger partial charge in [0.05, 0.1) is 30.8 Å². The summed E-state index contributed by atoms with van der Waals surface area (Å²) < 4.78 is 5.23. The molecule has 8 nitrogen and oxygen atoms in total. The van der Waals surface area contributed by atoms with Crippen LogP contribution in [0.25, 0.3) is 11.0 Å². The van der Waals surface area contributed by atoms with Crippen LogP contribution in [0.4, 0.5) is 5.69 Å². The maximum absolute atomic E-state index is 12.1. The average molecular weight is 436 g/mol. The van der Waals surface area contributed by atoms with Gasteiger partial charge in [-0.15, -0.1) is 0 Å². The van der Waals surface area contributed by atoms with Gasteiger partial charge in [0.25, 0.3) is 0 Å². The van der Waals surface area contributed by atoms with Gasteiger partial charge in [0, 0.05) is 36.1 Å². The van der Waals surface area contributed by atoms with E-state index < -0.39 is 6.10 Å². The lowest BCUT2D eigenvalue weighted by Gasteiger charge is -2.33. The number of nitrogens with zero attached hydrogens (tertiary/aromatic N) is 3. The number of fused-ring (bicyclic) bond motifs is 1. The Balaban J connectivity index is 1.26. The Morgan fingerprint density at radius 1 is 1.19 bits per heavy atom. The predicted octanol–water partition coefficient (Wildman–Crippen LogP) is 2.36. The van der Waals surface area contributed by atoms with Crippen molar-refractivity contribution in [3.8, 4) is 5.88 Å². The number of hydrogen-bond donors (Lipinski definition) is 3. The standard InChI is InChI=1S/C24H29N5O3/c1-32-23-8-7-20-24(28-23)19(9-12-25-20)21(30)16-29-13-10-17(11-14-29)26-15-22(31)27-18-5-3-2-4-6-18/h2-9,12,17,21,26,30H,10-11,13-16H2,1H3,(H,27,31). The third kappa shape index (κ3) is 5.59. The molecule has 3 heterocycles. The van der Waals surface area contributed by atoms with E-state index >= 15 is 0 Å². The second-order valence-corrected chi connectivity index (χ2v) is 8.01. The summed E-state index contributed by atoms with van der Waals surface area (Å²) in [6.07, 6.45) is 2.88. The van der Waals surface area contributed by atoms with Gasteiger partial charge in [0.2, 0.25) is 11.8 Å². The lowest BCUT2D eigenvalue weighted by atomic mass is 10.0. The molecular formula is C24H29N5O3. The predicted molar refractivity (Wildman–Crippen MR) is 124 cm³/mol. The smallest absolute Gasteiger partial charge is 0.238 e. The number of piperidine rings is 1. The third-order valence-corrected chi connectivity index (χ3v) is 5.79. The highest BCUT2D eigenvalue weighted by molar-refractivity contribution is 5.92. The first-order valence-corrected chi connectivity index (χ1v) is 10.9. The van der Waals surface area contributed by atoms with Gasteiger partial charge in [-0.2, -0.15) is 0 Å². The molecule has 0 radical (unpaired) electrons. The lowest BCUT2D eigenvalue weighted by Crippen LogP contribution is -2.45. The summed E-state index contributed by atoms with van der Waals surface area (Å²) in [5, 5.41) is 17.1. The van der Waals surface area contributed by atoms with Gasteiger partial charge < -0.3 is 25.4 Å². The highest BCUT2D eigenvalue weighted by Gasteiger charge is 2.23. The van der Waals surface area contributed by atoms with Crippen molar-refractivity contribution in [3.63, 3.8) is 0 Å². The molecule has 32 heavy (non-hydrogen) atoms. The van der Waals surface area contributed by atoms with Gasteiger partial charge in [-0.1, -0.05) is 18.2 Å². The largest absolute Gasteiger partial charge is 0.481 e. The molecule has 2 aromatic heterocycles. The van der Waals surface area contributed by atoms with Crippen molar-refractivity contribution < 1.29 is 14.6 Å². The number of hydrogen-bond acceptors (Lipinski definition) is 7. The van der Waals surface area contributed by atoms with Gasteiger partial charge in [-0.3, -0.25) is 9.78 Å². The Hall–Kier alpha value is -3.07. The highest BCUT2D eigenvalue weighted by Crippen LogP contribution is 2.25. The summed E-state index contributed by atoms with van der Waals surface area (Å²) in [6, 6.07) is 15.2. The number of methoxy groups -OCH3 is 1. The Bertz CT molecular complexity index is 1040. The van der Waals surface area contributed by atoms with Crippen LogP contribution in [0.3, 0.4) is 0 Å². The van der Waals surface area contributed by atoms with E-state index in [0.29, 0.717) is 24.5 Å². The van der Waals surface area contributed by atoms with Crippen LogP contribution in [0.1, 0.15) is 24.5 Å². The molecule has 0 aliphatic carbocycles. The number of likely N-dealkylation sites (tertiary alicyclic amines) is 1. The van der Waals surface area contributed by atoms with E-state index in [2.05, 4.69) is 25.5 Å². The van der Waals surface area contributed by atoms with E-state index in [9.17, 15) is 9.90 Å². The molecule has 8 heteroatoms. The lowest BCUT2D eigenvalue weighted by molar-refractivity contribution is -0.115. The van der Waals surface area contributed by atoms with Crippen LogP contribution in [0, 0.1) is 0 Å². The Morgan fingerprint density at radius 2 is 1.97 bits per heavy atom. The number of aliphatic hydroxyl groups excluding tert-OH is 1. The van der Waals surface area contributed by atoms with Crippen LogP contribution in [0.5, 0.6) is 5.88 Å². The molecule has 1 aliphatic rings. The number of nitrogens with one attached hydrogen (secondary N) is 2. The second kappa shape index (κ2) is 10.5. The fourth-order valence-electron chi connectivity index (χ4n) is 4.04. The number of benzene rings is 1. The molecule has 1 fully saturated rings. The van der Waals surface area contributed by atoms with E-state index in [1.54, 1.807) is 19.4 Å². The summed E-state index contributed by atoms with van der Waals surface area (Å²) in [5.41, 5.74) is 2.96. The fourth-order valence-corrected chi connectivity index (χ4v) is 4.04. The third-order valence-electron chi connectivity index (χ3n) is 5.79. The number of carbonyl (C=O) groups excluding carboxylic acids is 1. The molecule has 0 spiro atoms. The van der Waals surface area contributed by atoms with Crippen molar-refractivity contribution in [2.24, 2.45) is 0 Å². The zero-order valence-electron chi connectivity index (χ0n) is 18.2. The molecule has 1 unspecified atom stereocenters. The minimum atomic E-state index is -0.665. The van der Waals surface area contributed by atoms with Crippen LogP contribution in [0.2, 0.25) is 0 Å². The summed E-state index contributed by atoms with van der Waals surface area (Å²) >= 11 is 0. The van der Waals surface area contributed by atoms with Crippen LogP contribution >= 0.6 is 0 Å². The summed E-state index contributed by atoms with van der Waals surface area (Å²) in [6.45, 7) is 2.53. The Kier molecular flexibility index (Phi) is 7.26. The first-order chi connectivity index (χ1) is 15.6. The van der Waals surface area contributed by atoms with Crippen LogP contribution in [0.15, 0.2) is 54.7 Å². The highest BCUT2D eigenvalue weighted by atomic mass is 16.5. The van der Waals surface area contributed by atoms with Gasteiger partial charge in [0.1, 0.15) is 0 Å². The first-order valence-electron chi connectivity index (χ1n) is 10.9. The number of amides is 1. The number of β-amino-alcohol motifs (C(OH)–C–C–N with tert-alkyl or cyclic N) is 1. The number of pyridine rings is 2. The molecule has 3 aromatic rings. The minimum Gasteiger partial charge on any atom is -0.481 e. The number of rotatable bonds is 8. The number of anilines is 1. The molecular weight excluding hydrogens is 406 g/mol. The summed E-state index contributed by atoms with van der Waals surface area (Å²) in [5.74, 6) is 0.462. The quantitative estimate of drug-likeness (QED) is 0.499. The zero-order chi connectivity index (χ0) is 22.3. The van der Waals surface area contributed by atoms with Gasteiger partial charge >= 0.3 is 0 Å². The Labute approximate surface area is 187 Å². The van der Waals surface area contributed by atoms with Crippen molar-refractivity contribution in [1.82, 2.24) is 20.2 Å². The van der Waals surface area contributed by atoms with Gasteiger partial charge in [-0.25, -0.2) is 4.98 Å². The number of para-hydroxylation sites is 1. The Morgan fingerprint density at radius 3 is 2.72 bits per heavy atom. The maximum Gasteiger partial charge on any atom is 0.238 e. The molecule has 0 saturated carbocycles. The first kappa shape index (κ1) is 22.1. The molecule has 1 amide bonds. The van der Waals surface area contributed by atoms with Crippen molar-refractivity contribution in [1.29, 1.82) is 0 Å². The molecule has 1 atom stereocenters. The normalized spacial score (nSPS) is 16.1. The molecule has 1 saturated heterocycles. The topological polar surface area (TPSA) is 99.6 Å². The fraction of sp³-hybridized carbons (Fsp3) is 0.375. The average Bonchev–Trinajstić information content (AvgIpc) is 2.83. The van der Waals surface area contributed by atoms with E-state index in [-0.39, 0.29) is 11.9 Å². The van der Waals surface area contributed by atoms with Crippen LogP contribution < -0.4 is 15.4 Å². The summed E-state index contributed by atoms with van der Waals surface area (Å²) in [4.78, 5) is 23.2. The van der Waals surface area contributed by atoms with Crippen molar-refractivity contribution in [3.05, 3.63) is 60.3 Å². The number of carbonyl (C=O) groups is 1. The minimum absolute atomic E-state index is 0.0402. The van der Waals surface area contributed by atoms with Gasteiger partial charge in [0.15, 0.2) is 0 Å². The van der Waals surface area contributed by atoms with E-state index in [4.69, 9.17) is 4.74 Å². The molecule has 1 aliphatic heterocycles. The SMILES string of the molecule is COc1ccc2nccc(C(O)CN3CCC(NCC(=O)Nc4ccccc4)CC3)c2n1. The number of aromatic nitrogens is 2. The van der Waals surface area contributed by atoms with E-state index in [1.165, 1.54) is 0 Å². The molecule has 1 aromatic carbocycles. The van der Waals surface area contributed by atoms with Crippen LogP contribution in [-0.2, 0) is 4.79 Å². The molecule has 0 bridgehead atoms. The zero-order valence-corrected chi connectivity index (χ0v) is 18.2. The summed E-state index contributed by atoms with van der Waals surface area (Å²) in [7, 11) is 1.57. The van der Waals surface area contributed by atoms with Crippen molar-refractivity contribution in [2.75, 3.05) is 38.6 Å². The molecule has 3 N–H and O–H groups in total. The van der Waals surface area contributed by atoms with Crippen LogP contribution in [-0.4, -0.2) is 65.2 Å².